The number of rotatable bonds is 4. The molecule has 1 N–H and O–H groups in total. The minimum atomic E-state index is -0.969. The number of carboxylic acid groups (broad SMARTS) is 1. The Balaban J connectivity index is 2.77. The molecule has 5 nitrogen and oxygen atoms in total. The summed E-state index contributed by atoms with van der Waals surface area (Å²) in [5.41, 5.74) is 0.429. The Morgan fingerprint density at radius 2 is 2.31 bits per heavy atom. The molecule has 1 rings (SSSR count). The highest BCUT2D eigenvalue weighted by Crippen LogP contribution is 2.20. The van der Waals surface area contributed by atoms with Crippen LogP contribution in [0.25, 0.3) is 0 Å². The van der Waals surface area contributed by atoms with Crippen molar-refractivity contribution in [2.24, 2.45) is 5.41 Å². The summed E-state index contributed by atoms with van der Waals surface area (Å²) in [6.45, 7) is 5.98. The molecule has 86 valence electrons. The molecule has 0 spiro atoms. The Labute approximate surface area is 94.3 Å². The first-order valence-electron chi connectivity index (χ1n) is 5.04. The van der Waals surface area contributed by atoms with Gasteiger partial charge >= 0.3 is 5.97 Å². The molecule has 5 heteroatoms. The van der Waals surface area contributed by atoms with Crippen molar-refractivity contribution in [3.05, 3.63) is 17.5 Å². The van der Waals surface area contributed by atoms with Gasteiger partial charge in [-0.05, 0) is 27.2 Å². The van der Waals surface area contributed by atoms with Gasteiger partial charge in [0.25, 0.3) is 0 Å². The summed E-state index contributed by atoms with van der Waals surface area (Å²) in [5, 5.41) is 21.7. The molecule has 0 fully saturated rings. The number of nitrogens with zero attached hydrogens (tertiary/aromatic N) is 3. The first-order chi connectivity index (χ1) is 7.37. The van der Waals surface area contributed by atoms with Crippen LogP contribution in [0.4, 0.5) is 0 Å². The van der Waals surface area contributed by atoms with Gasteiger partial charge in [0.15, 0.2) is 0 Å². The van der Waals surface area contributed by atoms with Crippen LogP contribution in [0.15, 0.2) is 6.20 Å². The fourth-order valence-electron chi connectivity index (χ4n) is 1.32. The maximum absolute atomic E-state index is 10.8. The lowest BCUT2D eigenvalue weighted by Gasteiger charge is -2.15. The second-order valence-electron chi connectivity index (χ2n) is 4.42. The van der Waals surface area contributed by atoms with Crippen molar-refractivity contribution in [3.8, 4) is 6.07 Å². The molecule has 0 bridgehead atoms. The Morgan fingerprint density at radius 1 is 1.69 bits per heavy atom. The second kappa shape index (κ2) is 4.35. The average molecular weight is 221 g/mol. The standard InChI is InChI=1S/C11H15N3O2/c1-8-9(10(15)16)6-13-14(8)5-4-11(2,3)7-12/h6H,4-5H2,1-3H3,(H,15,16). The van der Waals surface area contributed by atoms with Crippen LogP contribution in [0.1, 0.15) is 36.3 Å². The highest BCUT2D eigenvalue weighted by atomic mass is 16.4. The van der Waals surface area contributed by atoms with Gasteiger partial charge < -0.3 is 5.11 Å². The molecule has 0 aromatic carbocycles. The fourth-order valence-corrected chi connectivity index (χ4v) is 1.32. The van der Waals surface area contributed by atoms with Crippen molar-refractivity contribution in [2.75, 3.05) is 0 Å². The van der Waals surface area contributed by atoms with Crippen LogP contribution in [-0.2, 0) is 6.54 Å². The summed E-state index contributed by atoms with van der Waals surface area (Å²) < 4.78 is 1.63. The molecule has 0 amide bonds. The number of aromatic nitrogens is 2. The molecule has 0 aliphatic rings. The monoisotopic (exact) mass is 221 g/mol. The van der Waals surface area contributed by atoms with E-state index in [0.717, 1.165) is 0 Å². The first kappa shape index (κ1) is 12.2. The third-order valence-electron chi connectivity index (χ3n) is 2.58. The summed E-state index contributed by atoms with van der Waals surface area (Å²) >= 11 is 0. The van der Waals surface area contributed by atoms with Crippen molar-refractivity contribution in [2.45, 2.75) is 33.7 Å². The fraction of sp³-hybridized carbons (Fsp3) is 0.545. The summed E-state index contributed by atoms with van der Waals surface area (Å²) in [4.78, 5) is 10.8. The topological polar surface area (TPSA) is 78.9 Å². The number of hydrogen-bond donors (Lipinski definition) is 1. The molecule has 0 atom stereocenters. The summed E-state index contributed by atoms with van der Waals surface area (Å²) in [7, 11) is 0. The van der Waals surface area contributed by atoms with Crippen LogP contribution in [0.2, 0.25) is 0 Å². The normalized spacial score (nSPS) is 11.1. The van der Waals surface area contributed by atoms with Crippen molar-refractivity contribution in [1.82, 2.24) is 9.78 Å². The van der Waals surface area contributed by atoms with E-state index in [1.54, 1.807) is 11.6 Å². The average Bonchev–Trinajstić information content (AvgIpc) is 2.57. The van der Waals surface area contributed by atoms with E-state index in [4.69, 9.17) is 10.4 Å². The van der Waals surface area contributed by atoms with Crippen molar-refractivity contribution in [3.63, 3.8) is 0 Å². The lowest BCUT2D eigenvalue weighted by atomic mass is 9.91. The molecule has 0 aliphatic carbocycles. The molecule has 16 heavy (non-hydrogen) atoms. The Bertz CT molecular complexity index is 441. The van der Waals surface area contributed by atoms with Crippen LogP contribution in [0, 0.1) is 23.7 Å². The molecular formula is C11H15N3O2. The summed E-state index contributed by atoms with van der Waals surface area (Å²) in [5.74, 6) is -0.969. The molecule has 0 saturated carbocycles. The van der Waals surface area contributed by atoms with Crippen LogP contribution in [-0.4, -0.2) is 20.9 Å². The Morgan fingerprint density at radius 3 is 2.75 bits per heavy atom. The largest absolute Gasteiger partial charge is 0.478 e. The Kier molecular flexibility index (Phi) is 3.33. The highest BCUT2D eigenvalue weighted by Gasteiger charge is 2.18. The van der Waals surface area contributed by atoms with Crippen LogP contribution < -0.4 is 0 Å². The van der Waals surface area contributed by atoms with Gasteiger partial charge in [0.2, 0.25) is 0 Å². The van der Waals surface area contributed by atoms with E-state index in [9.17, 15) is 4.79 Å². The van der Waals surface area contributed by atoms with Crippen LogP contribution in [0.3, 0.4) is 0 Å². The maximum atomic E-state index is 10.8. The van der Waals surface area contributed by atoms with E-state index in [-0.39, 0.29) is 5.56 Å². The van der Waals surface area contributed by atoms with Gasteiger partial charge in [-0.1, -0.05) is 0 Å². The Hall–Kier alpha value is -1.83. The van der Waals surface area contributed by atoms with Gasteiger partial charge in [-0.3, -0.25) is 4.68 Å². The van der Waals surface area contributed by atoms with Gasteiger partial charge in [0.05, 0.1) is 17.7 Å². The number of carboxylic acids is 1. The third kappa shape index (κ3) is 2.60. The molecule has 0 saturated heterocycles. The van der Waals surface area contributed by atoms with Gasteiger partial charge in [0, 0.05) is 12.2 Å². The lowest BCUT2D eigenvalue weighted by Crippen LogP contribution is -2.14. The lowest BCUT2D eigenvalue weighted by molar-refractivity contribution is 0.0696. The van der Waals surface area contributed by atoms with Crippen molar-refractivity contribution >= 4 is 5.97 Å². The predicted molar refractivity (Wildman–Crippen MR) is 57.9 cm³/mol. The van der Waals surface area contributed by atoms with Gasteiger partial charge in [0.1, 0.15) is 5.56 Å². The van der Waals surface area contributed by atoms with E-state index in [1.165, 1.54) is 6.20 Å². The highest BCUT2D eigenvalue weighted by molar-refractivity contribution is 5.88. The molecule has 1 aromatic heterocycles. The number of hydrogen-bond acceptors (Lipinski definition) is 3. The third-order valence-corrected chi connectivity index (χ3v) is 2.58. The molecule has 1 aromatic rings. The van der Waals surface area contributed by atoms with Gasteiger partial charge in [-0.25, -0.2) is 4.79 Å². The number of aryl methyl sites for hydroxylation is 1. The minimum Gasteiger partial charge on any atom is -0.478 e. The van der Waals surface area contributed by atoms with Gasteiger partial charge in [-0.15, -0.1) is 0 Å². The van der Waals surface area contributed by atoms with E-state index in [2.05, 4.69) is 11.2 Å². The zero-order chi connectivity index (χ0) is 12.3. The molecular weight excluding hydrogens is 206 g/mol. The number of aromatic carboxylic acids is 1. The number of carbonyl (C=O) groups is 1. The van der Waals surface area contributed by atoms with Crippen LogP contribution >= 0.6 is 0 Å². The molecule has 1 heterocycles. The first-order valence-corrected chi connectivity index (χ1v) is 5.04. The zero-order valence-corrected chi connectivity index (χ0v) is 9.69. The molecule has 0 aliphatic heterocycles. The van der Waals surface area contributed by atoms with Crippen molar-refractivity contribution in [1.29, 1.82) is 5.26 Å². The van der Waals surface area contributed by atoms with Crippen molar-refractivity contribution < 1.29 is 9.90 Å². The van der Waals surface area contributed by atoms with Gasteiger partial charge in [-0.2, -0.15) is 10.4 Å². The molecule has 0 unspecified atom stereocenters. The van der Waals surface area contributed by atoms with E-state index >= 15 is 0 Å². The summed E-state index contributed by atoms with van der Waals surface area (Å²) in [6, 6.07) is 2.20. The SMILES string of the molecule is Cc1c(C(=O)O)cnn1CCC(C)(C)C#N. The minimum absolute atomic E-state index is 0.217. The quantitative estimate of drug-likeness (QED) is 0.841. The van der Waals surface area contributed by atoms with E-state index in [1.807, 2.05) is 13.8 Å². The maximum Gasteiger partial charge on any atom is 0.339 e. The number of nitriles is 1. The smallest absolute Gasteiger partial charge is 0.339 e. The predicted octanol–water partition coefficient (Wildman–Crippen LogP) is 1.83. The molecule has 0 radical (unpaired) electrons. The van der Waals surface area contributed by atoms with E-state index in [0.29, 0.717) is 18.7 Å². The zero-order valence-electron chi connectivity index (χ0n) is 9.69. The van der Waals surface area contributed by atoms with E-state index < -0.39 is 11.4 Å². The second-order valence-corrected chi connectivity index (χ2v) is 4.42. The summed E-state index contributed by atoms with van der Waals surface area (Å²) in [6.07, 6.45) is 1.99. The van der Waals surface area contributed by atoms with Crippen LogP contribution in [0.5, 0.6) is 0 Å².